The molecule has 0 bridgehead atoms. The van der Waals surface area contributed by atoms with Gasteiger partial charge in [-0.2, -0.15) is 0 Å². The van der Waals surface area contributed by atoms with E-state index in [1.165, 1.54) is 0 Å². The summed E-state index contributed by atoms with van der Waals surface area (Å²) in [6, 6.07) is 8.07. The second kappa shape index (κ2) is 3.69. The van der Waals surface area contributed by atoms with E-state index in [0.717, 1.165) is 17.7 Å². The fraction of sp³-hybridized carbons (Fsp3) is 0.300. The van der Waals surface area contributed by atoms with E-state index in [0.29, 0.717) is 6.61 Å². The molecule has 0 fully saturated rings. The summed E-state index contributed by atoms with van der Waals surface area (Å²) in [5, 5.41) is 2.43. The number of ether oxygens (including phenoxy) is 1. The van der Waals surface area contributed by atoms with Crippen molar-refractivity contribution in [1.82, 2.24) is 0 Å². The Morgan fingerprint density at radius 2 is 2.31 bits per heavy atom. The van der Waals surface area contributed by atoms with Crippen molar-refractivity contribution in [2.75, 3.05) is 6.61 Å². The van der Waals surface area contributed by atoms with E-state index in [2.05, 4.69) is 22.4 Å². The lowest BCUT2D eigenvalue weighted by Crippen LogP contribution is -2.12. The van der Waals surface area contributed by atoms with Gasteiger partial charge in [0.05, 0.1) is 17.8 Å². The Hall–Kier alpha value is -1.18. The predicted molar refractivity (Wildman–Crippen MR) is 54.3 cm³/mol. The lowest BCUT2D eigenvalue weighted by atomic mass is 10.0. The molecule has 0 saturated carbocycles. The van der Waals surface area contributed by atoms with Crippen molar-refractivity contribution in [3.05, 3.63) is 29.8 Å². The maximum absolute atomic E-state index is 5.48. The maximum atomic E-state index is 5.48. The number of nitrogens with zero attached hydrogens (tertiary/aromatic N) is 1. The Balaban J connectivity index is 2.42. The van der Waals surface area contributed by atoms with Gasteiger partial charge in [0.2, 0.25) is 0 Å². The Kier molecular flexibility index (Phi) is 2.39. The molecule has 2 rings (SSSR count). The number of benzene rings is 1. The molecule has 0 amide bonds. The van der Waals surface area contributed by atoms with Crippen LogP contribution in [-0.2, 0) is 0 Å². The molecule has 3 heteroatoms. The smallest absolute Gasteiger partial charge is 0.124 e. The van der Waals surface area contributed by atoms with Gasteiger partial charge in [0.15, 0.2) is 0 Å². The van der Waals surface area contributed by atoms with Gasteiger partial charge in [-0.3, -0.25) is 0 Å². The summed E-state index contributed by atoms with van der Waals surface area (Å²) >= 11 is 4.60. The zero-order valence-corrected chi connectivity index (χ0v) is 7.88. The van der Waals surface area contributed by atoms with E-state index in [1.54, 1.807) is 0 Å². The molecule has 1 aromatic rings. The predicted octanol–water partition coefficient (Wildman–Crippen LogP) is 2.61. The maximum Gasteiger partial charge on any atom is 0.124 e. The highest BCUT2D eigenvalue weighted by atomic mass is 32.1. The van der Waals surface area contributed by atoms with E-state index in [4.69, 9.17) is 4.74 Å². The van der Waals surface area contributed by atoms with Crippen molar-refractivity contribution in [3.8, 4) is 5.75 Å². The Morgan fingerprint density at radius 1 is 1.46 bits per heavy atom. The van der Waals surface area contributed by atoms with Crippen LogP contribution in [0.4, 0.5) is 0 Å². The number of isothiocyanates is 1. The zero-order valence-electron chi connectivity index (χ0n) is 7.06. The molecule has 0 spiro atoms. The number of thiocarbonyl (C=S) groups is 1. The molecule has 1 heterocycles. The highest BCUT2D eigenvalue weighted by Crippen LogP contribution is 2.33. The van der Waals surface area contributed by atoms with Crippen LogP contribution in [0.3, 0.4) is 0 Å². The van der Waals surface area contributed by atoms with Gasteiger partial charge in [-0.05, 0) is 18.3 Å². The van der Waals surface area contributed by atoms with Crippen LogP contribution >= 0.6 is 12.2 Å². The van der Waals surface area contributed by atoms with Gasteiger partial charge in [-0.25, -0.2) is 4.99 Å². The molecule has 0 saturated heterocycles. The third-order valence-corrected chi connectivity index (χ3v) is 2.24. The summed E-state index contributed by atoms with van der Waals surface area (Å²) in [6.45, 7) is 0.711. The first-order valence-corrected chi connectivity index (χ1v) is 4.61. The summed E-state index contributed by atoms with van der Waals surface area (Å²) in [7, 11) is 0. The van der Waals surface area contributed by atoms with Crippen LogP contribution in [0.1, 0.15) is 18.0 Å². The lowest BCUT2D eigenvalue weighted by molar-refractivity contribution is 0.270. The molecule has 0 aromatic heterocycles. The summed E-state index contributed by atoms with van der Waals surface area (Å²) in [5.41, 5.74) is 1.12. The standard InChI is InChI=1S/C10H9NOS/c13-7-11-9-5-6-12-10-4-2-1-3-8(9)10/h1-4,9H,5-6H2/t9-/m1/s1. The van der Waals surface area contributed by atoms with Crippen LogP contribution in [0.15, 0.2) is 29.3 Å². The van der Waals surface area contributed by atoms with Crippen molar-refractivity contribution < 1.29 is 4.74 Å². The van der Waals surface area contributed by atoms with Gasteiger partial charge in [-0.15, -0.1) is 0 Å². The van der Waals surface area contributed by atoms with E-state index in [-0.39, 0.29) is 6.04 Å². The van der Waals surface area contributed by atoms with Crippen molar-refractivity contribution >= 4 is 17.4 Å². The van der Waals surface area contributed by atoms with Gasteiger partial charge in [0, 0.05) is 12.0 Å². The normalized spacial score (nSPS) is 19.5. The van der Waals surface area contributed by atoms with Crippen LogP contribution in [0, 0.1) is 0 Å². The van der Waals surface area contributed by atoms with E-state index in [1.807, 2.05) is 24.3 Å². The van der Waals surface area contributed by atoms with Gasteiger partial charge >= 0.3 is 0 Å². The van der Waals surface area contributed by atoms with Gasteiger partial charge < -0.3 is 4.74 Å². The molecule has 1 aliphatic heterocycles. The molecule has 13 heavy (non-hydrogen) atoms. The topological polar surface area (TPSA) is 21.6 Å². The second-order valence-electron chi connectivity index (χ2n) is 2.91. The summed E-state index contributed by atoms with van der Waals surface area (Å²) in [5.74, 6) is 0.924. The number of rotatable bonds is 1. The van der Waals surface area contributed by atoms with E-state index >= 15 is 0 Å². The SMILES string of the molecule is S=C=N[C@@H]1CCOc2ccccc21. The average Bonchev–Trinajstić information content (AvgIpc) is 2.19. The van der Waals surface area contributed by atoms with Crippen LogP contribution in [0.2, 0.25) is 0 Å². The molecular weight excluding hydrogens is 182 g/mol. The molecule has 1 aromatic carbocycles. The highest BCUT2D eigenvalue weighted by molar-refractivity contribution is 7.78. The first-order chi connectivity index (χ1) is 6.42. The van der Waals surface area contributed by atoms with Gasteiger partial charge in [-0.1, -0.05) is 18.2 Å². The minimum Gasteiger partial charge on any atom is -0.493 e. The Morgan fingerprint density at radius 3 is 3.15 bits per heavy atom. The fourth-order valence-corrected chi connectivity index (χ4v) is 1.65. The molecule has 2 nitrogen and oxygen atoms in total. The summed E-state index contributed by atoms with van der Waals surface area (Å²) < 4.78 is 5.48. The third-order valence-electron chi connectivity index (χ3n) is 2.14. The number of hydrogen-bond donors (Lipinski definition) is 0. The van der Waals surface area contributed by atoms with E-state index in [9.17, 15) is 0 Å². The summed E-state index contributed by atoms with van der Waals surface area (Å²) in [4.78, 5) is 4.11. The molecule has 66 valence electrons. The van der Waals surface area contributed by atoms with Crippen molar-refractivity contribution in [1.29, 1.82) is 0 Å². The van der Waals surface area contributed by atoms with Gasteiger partial charge in [0.1, 0.15) is 5.75 Å². The number of hydrogen-bond acceptors (Lipinski definition) is 3. The van der Waals surface area contributed by atoms with Crippen molar-refractivity contribution in [2.24, 2.45) is 4.99 Å². The van der Waals surface area contributed by atoms with Crippen molar-refractivity contribution in [2.45, 2.75) is 12.5 Å². The number of para-hydroxylation sites is 1. The van der Waals surface area contributed by atoms with Gasteiger partial charge in [0.25, 0.3) is 0 Å². The molecular formula is C10H9NOS. The third kappa shape index (κ3) is 1.62. The van der Waals surface area contributed by atoms with Crippen LogP contribution in [0.5, 0.6) is 5.75 Å². The molecule has 1 atom stereocenters. The van der Waals surface area contributed by atoms with Crippen LogP contribution < -0.4 is 4.74 Å². The molecule has 0 unspecified atom stereocenters. The average molecular weight is 191 g/mol. The van der Waals surface area contributed by atoms with Crippen LogP contribution in [0.25, 0.3) is 0 Å². The monoisotopic (exact) mass is 191 g/mol. The zero-order chi connectivity index (χ0) is 9.10. The lowest BCUT2D eigenvalue weighted by Gasteiger charge is -2.21. The number of fused-ring (bicyclic) bond motifs is 1. The quantitative estimate of drug-likeness (QED) is 0.502. The first kappa shape index (κ1) is 8.42. The fourth-order valence-electron chi connectivity index (χ4n) is 1.52. The molecule has 0 N–H and O–H groups in total. The highest BCUT2D eigenvalue weighted by Gasteiger charge is 2.19. The minimum absolute atomic E-state index is 0.141. The largest absolute Gasteiger partial charge is 0.493 e. The van der Waals surface area contributed by atoms with Crippen LogP contribution in [-0.4, -0.2) is 11.8 Å². The Labute approximate surface area is 82.3 Å². The Bertz CT molecular complexity index is 358. The molecule has 0 aliphatic carbocycles. The first-order valence-electron chi connectivity index (χ1n) is 4.20. The summed E-state index contributed by atoms with van der Waals surface area (Å²) in [6.07, 6.45) is 0.890. The van der Waals surface area contributed by atoms with E-state index < -0.39 is 0 Å². The minimum atomic E-state index is 0.141. The number of aliphatic imine (C=N–C) groups is 1. The molecule has 1 aliphatic rings. The molecule has 0 radical (unpaired) electrons. The van der Waals surface area contributed by atoms with Crippen molar-refractivity contribution in [3.63, 3.8) is 0 Å². The second-order valence-corrected chi connectivity index (χ2v) is 3.09.